The Kier molecular flexibility index (Phi) is 5.07. The van der Waals surface area contributed by atoms with Crippen LogP contribution in [0.4, 0.5) is 0 Å². The van der Waals surface area contributed by atoms with Crippen LogP contribution in [0.3, 0.4) is 0 Å². The Morgan fingerprint density at radius 2 is 2.00 bits per heavy atom. The summed E-state index contributed by atoms with van der Waals surface area (Å²) in [5.74, 6) is 0.319. The van der Waals surface area contributed by atoms with Gasteiger partial charge in [-0.15, -0.1) is 0 Å². The van der Waals surface area contributed by atoms with Gasteiger partial charge in [-0.05, 0) is 53.0 Å². The molecular formula is C15H22BrNO. The second-order valence-corrected chi connectivity index (χ2v) is 6.00. The number of hydrogen-bond donors (Lipinski definition) is 1. The molecule has 3 heteroatoms. The molecule has 18 heavy (non-hydrogen) atoms. The zero-order chi connectivity index (χ0) is 13.0. The lowest BCUT2D eigenvalue weighted by Crippen LogP contribution is -2.36. The highest BCUT2D eigenvalue weighted by molar-refractivity contribution is 9.10. The van der Waals surface area contributed by atoms with Crippen molar-refractivity contribution in [1.29, 1.82) is 0 Å². The Morgan fingerprint density at radius 3 is 2.61 bits per heavy atom. The van der Waals surface area contributed by atoms with Gasteiger partial charge in [-0.3, -0.25) is 4.90 Å². The van der Waals surface area contributed by atoms with Crippen LogP contribution in [-0.4, -0.2) is 22.6 Å². The maximum Gasteiger partial charge on any atom is 0.129 e. The quantitative estimate of drug-likeness (QED) is 0.895. The van der Waals surface area contributed by atoms with Gasteiger partial charge in [0, 0.05) is 12.6 Å². The minimum atomic E-state index is 0.319. The van der Waals surface area contributed by atoms with E-state index in [1.165, 1.54) is 37.7 Å². The third-order valence-electron chi connectivity index (χ3n) is 3.90. The van der Waals surface area contributed by atoms with Crippen LogP contribution in [0.25, 0.3) is 0 Å². The molecule has 2 rings (SSSR count). The summed E-state index contributed by atoms with van der Waals surface area (Å²) in [6.45, 7) is 4.33. The number of aromatic hydroxyl groups is 1. The summed E-state index contributed by atoms with van der Waals surface area (Å²) in [7, 11) is 0. The van der Waals surface area contributed by atoms with Gasteiger partial charge in [0.2, 0.25) is 0 Å². The molecule has 1 N–H and O–H groups in total. The van der Waals surface area contributed by atoms with Crippen LogP contribution >= 0.6 is 15.9 Å². The smallest absolute Gasteiger partial charge is 0.129 e. The van der Waals surface area contributed by atoms with Crippen LogP contribution in [0.5, 0.6) is 5.75 Å². The van der Waals surface area contributed by atoms with Crippen LogP contribution in [0.1, 0.15) is 44.6 Å². The first-order valence-electron chi connectivity index (χ1n) is 6.92. The second-order valence-electron chi connectivity index (χ2n) is 5.14. The number of phenols is 1. The Bertz CT molecular complexity index is 388. The molecule has 0 radical (unpaired) electrons. The van der Waals surface area contributed by atoms with Crippen molar-refractivity contribution < 1.29 is 5.11 Å². The third kappa shape index (κ3) is 3.48. The summed E-state index contributed by atoms with van der Waals surface area (Å²) in [6.07, 6.45) is 6.83. The topological polar surface area (TPSA) is 23.5 Å². The highest BCUT2D eigenvalue weighted by Gasteiger charge is 2.19. The van der Waals surface area contributed by atoms with Crippen LogP contribution in [0.15, 0.2) is 22.7 Å². The van der Waals surface area contributed by atoms with E-state index in [1.807, 2.05) is 12.1 Å². The van der Waals surface area contributed by atoms with Crippen molar-refractivity contribution in [3.8, 4) is 5.75 Å². The van der Waals surface area contributed by atoms with Gasteiger partial charge in [0.1, 0.15) is 5.75 Å². The molecular weight excluding hydrogens is 290 g/mol. The molecule has 0 unspecified atom stereocenters. The van der Waals surface area contributed by atoms with Crippen LogP contribution in [0.2, 0.25) is 0 Å². The van der Waals surface area contributed by atoms with E-state index in [-0.39, 0.29) is 0 Å². The first-order chi connectivity index (χ1) is 8.70. The van der Waals surface area contributed by atoms with Crippen LogP contribution < -0.4 is 0 Å². The molecule has 1 saturated carbocycles. The summed E-state index contributed by atoms with van der Waals surface area (Å²) in [5.41, 5.74) is 1.27. The molecule has 0 atom stereocenters. The van der Waals surface area contributed by atoms with E-state index >= 15 is 0 Å². The fraction of sp³-hybridized carbons (Fsp3) is 0.600. The van der Waals surface area contributed by atoms with Gasteiger partial charge in [-0.2, -0.15) is 0 Å². The fourth-order valence-corrected chi connectivity index (χ4v) is 3.25. The molecule has 100 valence electrons. The lowest BCUT2D eigenvalue weighted by atomic mass is 9.94. The van der Waals surface area contributed by atoms with Gasteiger partial charge in [-0.1, -0.05) is 32.3 Å². The molecule has 0 aliphatic heterocycles. The van der Waals surface area contributed by atoms with Crippen molar-refractivity contribution in [2.24, 2.45) is 0 Å². The molecule has 1 aliphatic rings. The molecule has 0 aromatic heterocycles. The molecule has 1 aromatic carbocycles. The maximum atomic E-state index is 9.52. The predicted molar refractivity (Wildman–Crippen MR) is 78.8 cm³/mol. The molecule has 2 nitrogen and oxygen atoms in total. The van der Waals surface area contributed by atoms with Gasteiger partial charge < -0.3 is 5.11 Å². The largest absolute Gasteiger partial charge is 0.507 e. The first kappa shape index (κ1) is 13.9. The zero-order valence-corrected chi connectivity index (χ0v) is 12.6. The van der Waals surface area contributed by atoms with E-state index in [2.05, 4.69) is 27.8 Å². The monoisotopic (exact) mass is 311 g/mol. The lowest BCUT2D eigenvalue weighted by Gasteiger charge is -2.33. The molecule has 1 aliphatic carbocycles. The van der Waals surface area contributed by atoms with Crippen molar-refractivity contribution in [1.82, 2.24) is 4.90 Å². The standard InChI is InChI=1S/C15H22BrNO/c1-2-17(13-6-4-3-5-7-13)11-12-8-9-15(18)14(16)10-12/h8-10,13,18H,2-7,11H2,1H3. The Labute approximate surface area is 118 Å². The molecule has 0 amide bonds. The number of phenolic OH excluding ortho intramolecular Hbond substituents is 1. The highest BCUT2D eigenvalue weighted by Crippen LogP contribution is 2.27. The van der Waals surface area contributed by atoms with Crippen molar-refractivity contribution in [3.05, 3.63) is 28.2 Å². The van der Waals surface area contributed by atoms with Gasteiger partial charge in [0.15, 0.2) is 0 Å². The number of halogens is 1. The molecule has 1 aromatic rings. The predicted octanol–water partition coefficient (Wildman–Crippen LogP) is 4.31. The summed E-state index contributed by atoms with van der Waals surface area (Å²) in [5, 5.41) is 9.52. The summed E-state index contributed by atoms with van der Waals surface area (Å²) < 4.78 is 0.791. The molecule has 0 heterocycles. The Morgan fingerprint density at radius 1 is 1.28 bits per heavy atom. The summed E-state index contributed by atoms with van der Waals surface area (Å²) >= 11 is 3.39. The maximum absolute atomic E-state index is 9.52. The van der Waals surface area contributed by atoms with E-state index in [0.29, 0.717) is 5.75 Å². The molecule has 0 saturated heterocycles. The number of rotatable bonds is 4. The number of nitrogens with zero attached hydrogens (tertiary/aromatic N) is 1. The normalized spacial score (nSPS) is 17.3. The summed E-state index contributed by atoms with van der Waals surface area (Å²) in [6, 6.07) is 6.57. The molecule has 0 bridgehead atoms. The minimum Gasteiger partial charge on any atom is -0.507 e. The van der Waals surface area contributed by atoms with Gasteiger partial charge in [0.25, 0.3) is 0 Å². The second kappa shape index (κ2) is 6.58. The summed E-state index contributed by atoms with van der Waals surface area (Å²) in [4.78, 5) is 2.57. The van der Waals surface area contributed by atoms with E-state index in [4.69, 9.17) is 0 Å². The molecule has 1 fully saturated rings. The minimum absolute atomic E-state index is 0.319. The van der Waals surface area contributed by atoms with E-state index in [0.717, 1.165) is 23.6 Å². The first-order valence-corrected chi connectivity index (χ1v) is 7.71. The van der Waals surface area contributed by atoms with E-state index < -0.39 is 0 Å². The van der Waals surface area contributed by atoms with Gasteiger partial charge in [-0.25, -0.2) is 0 Å². The van der Waals surface area contributed by atoms with Crippen LogP contribution in [-0.2, 0) is 6.54 Å². The number of hydrogen-bond acceptors (Lipinski definition) is 2. The average molecular weight is 312 g/mol. The van der Waals surface area contributed by atoms with Gasteiger partial charge >= 0.3 is 0 Å². The molecule has 0 spiro atoms. The van der Waals surface area contributed by atoms with Crippen molar-refractivity contribution in [2.75, 3.05) is 6.54 Å². The highest BCUT2D eigenvalue weighted by atomic mass is 79.9. The third-order valence-corrected chi connectivity index (χ3v) is 4.53. The van der Waals surface area contributed by atoms with E-state index in [1.54, 1.807) is 6.07 Å². The van der Waals surface area contributed by atoms with Crippen molar-refractivity contribution in [3.63, 3.8) is 0 Å². The van der Waals surface area contributed by atoms with Crippen molar-refractivity contribution in [2.45, 2.75) is 51.6 Å². The average Bonchev–Trinajstić information content (AvgIpc) is 2.41. The SMILES string of the molecule is CCN(Cc1ccc(O)c(Br)c1)C1CCCCC1. The fourth-order valence-electron chi connectivity index (χ4n) is 2.83. The van der Waals surface area contributed by atoms with Crippen LogP contribution in [0, 0.1) is 0 Å². The van der Waals surface area contributed by atoms with Gasteiger partial charge in [0.05, 0.1) is 4.47 Å². The van der Waals surface area contributed by atoms with Crippen molar-refractivity contribution >= 4 is 15.9 Å². The Hall–Kier alpha value is -0.540. The lowest BCUT2D eigenvalue weighted by molar-refractivity contribution is 0.156. The Balaban J connectivity index is 2.02. The van der Waals surface area contributed by atoms with E-state index in [9.17, 15) is 5.11 Å². The number of benzene rings is 1. The zero-order valence-electron chi connectivity index (χ0n) is 11.0.